The fraction of sp³-hybridized carbons (Fsp3) is 0.647. The molecule has 1 saturated heterocycles. The van der Waals surface area contributed by atoms with Crippen LogP contribution in [0.3, 0.4) is 0 Å². The van der Waals surface area contributed by atoms with Crippen LogP contribution in [-0.2, 0) is 9.47 Å². The van der Waals surface area contributed by atoms with E-state index in [0.717, 1.165) is 38.3 Å². The first-order valence-electron chi connectivity index (χ1n) is 7.99. The largest absolute Gasteiger partial charge is 0.494 e. The summed E-state index contributed by atoms with van der Waals surface area (Å²) < 4.78 is 16.8. The molecule has 1 N–H and O–H groups in total. The molecular formula is C17H27NO3. The topological polar surface area (TPSA) is 39.7 Å². The molecule has 2 rings (SSSR count). The smallest absolute Gasteiger partial charge is 0.119 e. The minimum Gasteiger partial charge on any atom is -0.494 e. The van der Waals surface area contributed by atoms with Gasteiger partial charge in [-0.25, -0.2) is 0 Å². The van der Waals surface area contributed by atoms with Crippen molar-refractivity contribution in [1.82, 2.24) is 5.32 Å². The average Bonchev–Trinajstić information content (AvgIpc) is 3.02. The van der Waals surface area contributed by atoms with Gasteiger partial charge in [0.15, 0.2) is 0 Å². The summed E-state index contributed by atoms with van der Waals surface area (Å²) in [4.78, 5) is 0. The maximum atomic E-state index is 5.98. The van der Waals surface area contributed by atoms with Crippen molar-refractivity contribution < 1.29 is 14.2 Å². The highest BCUT2D eigenvalue weighted by Crippen LogP contribution is 2.20. The molecule has 1 aliphatic heterocycles. The van der Waals surface area contributed by atoms with Gasteiger partial charge in [-0.3, -0.25) is 0 Å². The lowest BCUT2D eigenvalue weighted by Gasteiger charge is -2.21. The van der Waals surface area contributed by atoms with Crippen molar-refractivity contribution >= 4 is 0 Å². The maximum Gasteiger partial charge on any atom is 0.119 e. The Morgan fingerprint density at radius 1 is 1.29 bits per heavy atom. The summed E-state index contributed by atoms with van der Waals surface area (Å²) >= 11 is 0. The molecule has 0 spiro atoms. The lowest BCUT2D eigenvalue weighted by molar-refractivity contribution is 0.0297. The zero-order chi connectivity index (χ0) is 14.9. The molecule has 0 saturated carbocycles. The molecule has 2 atom stereocenters. The third-order valence-electron chi connectivity index (χ3n) is 3.62. The summed E-state index contributed by atoms with van der Waals surface area (Å²) in [6, 6.07) is 8.51. The first-order valence-corrected chi connectivity index (χ1v) is 7.99. The van der Waals surface area contributed by atoms with Crippen molar-refractivity contribution in [3.05, 3.63) is 29.8 Å². The third-order valence-corrected chi connectivity index (χ3v) is 3.62. The Kier molecular flexibility index (Phi) is 7.00. The van der Waals surface area contributed by atoms with E-state index < -0.39 is 0 Å². The van der Waals surface area contributed by atoms with E-state index in [2.05, 4.69) is 24.4 Å². The van der Waals surface area contributed by atoms with Crippen LogP contribution in [0.2, 0.25) is 0 Å². The number of ether oxygens (including phenoxy) is 3. The van der Waals surface area contributed by atoms with Crippen LogP contribution in [0.4, 0.5) is 0 Å². The SMILES string of the molecule is CCCNC(COC1CCOC1)c1ccc(OCC)cc1. The molecule has 1 aliphatic rings. The van der Waals surface area contributed by atoms with Gasteiger partial charge in [0.1, 0.15) is 5.75 Å². The zero-order valence-electron chi connectivity index (χ0n) is 13.1. The van der Waals surface area contributed by atoms with E-state index in [1.54, 1.807) is 0 Å². The number of hydrogen-bond donors (Lipinski definition) is 1. The number of benzene rings is 1. The Hall–Kier alpha value is -1.10. The Labute approximate surface area is 127 Å². The van der Waals surface area contributed by atoms with Crippen LogP contribution < -0.4 is 10.1 Å². The number of rotatable bonds is 9. The van der Waals surface area contributed by atoms with Gasteiger partial charge in [0.25, 0.3) is 0 Å². The van der Waals surface area contributed by atoms with Crippen molar-refractivity contribution in [3.63, 3.8) is 0 Å². The molecular weight excluding hydrogens is 266 g/mol. The fourth-order valence-corrected chi connectivity index (χ4v) is 2.43. The molecule has 1 fully saturated rings. The number of hydrogen-bond acceptors (Lipinski definition) is 4. The predicted molar refractivity (Wildman–Crippen MR) is 83.8 cm³/mol. The molecule has 0 bridgehead atoms. The first-order chi connectivity index (χ1) is 10.3. The highest BCUT2D eigenvalue weighted by Gasteiger charge is 2.19. The van der Waals surface area contributed by atoms with E-state index in [4.69, 9.17) is 14.2 Å². The van der Waals surface area contributed by atoms with Gasteiger partial charge in [0.05, 0.1) is 32.0 Å². The van der Waals surface area contributed by atoms with Gasteiger partial charge in [-0.15, -0.1) is 0 Å². The molecule has 118 valence electrons. The summed E-state index contributed by atoms with van der Waals surface area (Å²) in [5, 5.41) is 3.55. The van der Waals surface area contributed by atoms with Gasteiger partial charge < -0.3 is 19.5 Å². The molecule has 1 aromatic carbocycles. The third kappa shape index (κ3) is 5.30. The van der Waals surface area contributed by atoms with Crippen LogP contribution in [0.25, 0.3) is 0 Å². The van der Waals surface area contributed by atoms with Gasteiger partial charge in [-0.2, -0.15) is 0 Å². The monoisotopic (exact) mass is 293 g/mol. The van der Waals surface area contributed by atoms with E-state index in [-0.39, 0.29) is 12.1 Å². The second kappa shape index (κ2) is 9.03. The van der Waals surface area contributed by atoms with E-state index in [1.165, 1.54) is 5.56 Å². The maximum absolute atomic E-state index is 5.98. The highest BCUT2D eigenvalue weighted by molar-refractivity contribution is 5.29. The van der Waals surface area contributed by atoms with Crippen LogP contribution in [0.5, 0.6) is 5.75 Å². The van der Waals surface area contributed by atoms with E-state index >= 15 is 0 Å². The van der Waals surface area contributed by atoms with Crippen molar-refractivity contribution in [3.8, 4) is 5.75 Å². The lowest BCUT2D eigenvalue weighted by atomic mass is 10.1. The Morgan fingerprint density at radius 2 is 2.10 bits per heavy atom. The summed E-state index contributed by atoms with van der Waals surface area (Å²) in [6.45, 7) is 8.08. The van der Waals surface area contributed by atoms with E-state index in [0.29, 0.717) is 13.2 Å². The molecule has 4 nitrogen and oxygen atoms in total. The Balaban J connectivity index is 1.92. The quantitative estimate of drug-likeness (QED) is 0.760. The van der Waals surface area contributed by atoms with Crippen molar-refractivity contribution in [2.45, 2.75) is 38.8 Å². The van der Waals surface area contributed by atoms with Crippen LogP contribution >= 0.6 is 0 Å². The Bertz CT molecular complexity index is 388. The molecule has 0 aliphatic carbocycles. The van der Waals surface area contributed by atoms with Gasteiger partial charge in [-0.1, -0.05) is 19.1 Å². The molecule has 1 aromatic rings. The molecule has 0 amide bonds. The van der Waals surface area contributed by atoms with E-state index in [9.17, 15) is 0 Å². The van der Waals surface area contributed by atoms with Gasteiger partial charge in [0.2, 0.25) is 0 Å². The second-order valence-corrected chi connectivity index (χ2v) is 5.33. The Morgan fingerprint density at radius 3 is 2.71 bits per heavy atom. The van der Waals surface area contributed by atoms with Crippen LogP contribution in [0, 0.1) is 0 Å². The predicted octanol–water partition coefficient (Wildman–Crippen LogP) is 2.93. The van der Waals surface area contributed by atoms with Crippen LogP contribution in [0.15, 0.2) is 24.3 Å². The lowest BCUT2D eigenvalue weighted by Crippen LogP contribution is -2.28. The minimum absolute atomic E-state index is 0.223. The highest BCUT2D eigenvalue weighted by atomic mass is 16.5. The summed E-state index contributed by atoms with van der Waals surface area (Å²) in [7, 11) is 0. The zero-order valence-corrected chi connectivity index (χ0v) is 13.1. The molecule has 21 heavy (non-hydrogen) atoms. The van der Waals surface area contributed by atoms with Crippen LogP contribution in [-0.4, -0.2) is 39.1 Å². The van der Waals surface area contributed by atoms with Crippen molar-refractivity contribution in [1.29, 1.82) is 0 Å². The number of nitrogens with one attached hydrogen (secondary N) is 1. The van der Waals surface area contributed by atoms with Gasteiger partial charge in [-0.05, 0) is 44.0 Å². The second-order valence-electron chi connectivity index (χ2n) is 5.33. The standard InChI is InChI=1S/C17H27NO3/c1-3-10-18-17(13-21-16-9-11-19-12-16)14-5-7-15(8-6-14)20-4-2/h5-8,16-18H,3-4,9-13H2,1-2H3. The van der Waals surface area contributed by atoms with E-state index in [1.807, 2.05) is 19.1 Å². The van der Waals surface area contributed by atoms with Crippen LogP contribution in [0.1, 0.15) is 38.3 Å². The minimum atomic E-state index is 0.223. The molecule has 0 radical (unpaired) electrons. The summed E-state index contributed by atoms with van der Waals surface area (Å²) in [6.07, 6.45) is 2.36. The molecule has 2 unspecified atom stereocenters. The molecule has 0 aromatic heterocycles. The van der Waals surface area contributed by atoms with Gasteiger partial charge in [0, 0.05) is 6.61 Å². The van der Waals surface area contributed by atoms with Gasteiger partial charge >= 0.3 is 0 Å². The molecule has 4 heteroatoms. The normalized spacial score (nSPS) is 19.6. The van der Waals surface area contributed by atoms with Crippen molar-refractivity contribution in [2.24, 2.45) is 0 Å². The fourth-order valence-electron chi connectivity index (χ4n) is 2.43. The first kappa shape index (κ1) is 16.3. The summed E-state index contributed by atoms with van der Waals surface area (Å²) in [5.74, 6) is 0.917. The summed E-state index contributed by atoms with van der Waals surface area (Å²) in [5.41, 5.74) is 1.24. The molecule has 1 heterocycles. The average molecular weight is 293 g/mol. The van der Waals surface area contributed by atoms with Crippen molar-refractivity contribution in [2.75, 3.05) is 33.0 Å².